The summed E-state index contributed by atoms with van der Waals surface area (Å²) >= 11 is 0. The van der Waals surface area contributed by atoms with E-state index >= 15 is 0 Å². The van der Waals surface area contributed by atoms with Crippen molar-refractivity contribution < 1.29 is 4.79 Å². The Morgan fingerprint density at radius 3 is 3.23 bits per heavy atom. The summed E-state index contributed by atoms with van der Waals surface area (Å²) in [7, 11) is 0. The molecule has 3 heteroatoms. The van der Waals surface area contributed by atoms with Crippen LogP contribution in [0.25, 0.3) is 0 Å². The highest BCUT2D eigenvalue weighted by Gasteiger charge is 2.31. The average molecular weight is 182 g/mol. The number of hydrogen-bond donors (Lipinski definition) is 1. The summed E-state index contributed by atoms with van der Waals surface area (Å²) in [5.41, 5.74) is 0. The van der Waals surface area contributed by atoms with Gasteiger partial charge in [0.1, 0.15) is 5.78 Å². The summed E-state index contributed by atoms with van der Waals surface area (Å²) in [5, 5.41) is 3.46. The number of piperazine rings is 1. The Labute approximate surface area is 79.5 Å². The molecule has 2 heterocycles. The number of fused-ring (bicyclic) bond motifs is 1. The summed E-state index contributed by atoms with van der Waals surface area (Å²) in [6.45, 7) is 5.07. The third-order valence-electron chi connectivity index (χ3n) is 3.13. The van der Waals surface area contributed by atoms with Crippen molar-refractivity contribution in [1.82, 2.24) is 10.2 Å². The van der Waals surface area contributed by atoms with E-state index in [9.17, 15) is 4.79 Å². The maximum atomic E-state index is 10.9. The summed E-state index contributed by atoms with van der Waals surface area (Å²) < 4.78 is 0. The lowest BCUT2D eigenvalue weighted by atomic mass is 10.1. The van der Waals surface area contributed by atoms with E-state index in [2.05, 4.69) is 10.2 Å². The Hall–Kier alpha value is -0.410. The van der Waals surface area contributed by atoms with Crippen molar-refractivity contribution in [3.63, 3.8) is 0 Å². The van der Waals surface area contributed by atoms with Gasteiger partial charge in [0.2, 0.25) is 0 Å². The van der Waals surface area contributed by atoms with Gasteiger partial charge in [-0.3, -0.25) is 9.69 Å². The van der Waals surface area contributed by atoms with Crippen LogP contribution in [0.3, 0.4) is 0 Å². The van der Waals surface area contributed by atoms with Crippen LogP contribution in [0.2, 0.25) is 0 Å². The Kier molecular flexibility index (Phi) is 2.65. The fraction of sp³-hybridized carbons (Fsp3) is 0.900. The minimum Gasteiger partial charge on any atom is -0.311 e. The zero-order valence-corrected chi connectivity index (χ0v) is 8.25. The second-order valence-electron chi connectivity index (χ2n) is 4.30. The standard InChI is InChI=1S/C10H18N2O/c1-8(13)5-9-7-12-4-2-3-10(12)6-11-9/h9-11H,2-7H2,1H3. The van der Waals surface area contributed by atoms with Gasteiger partial charge in [0.25, 0.3) is 0 Å². The molecule has 2 saturated heterocycles. The Bertz CT molecular complexity index is 205. The third kappa shape index (κ3) is 2.09. The van der Waals surface area contributed by atoms with E-state index < -0.39 is 0 Å². The van der Waals surface area contributed by atoms with Gasteiger partial charge in [-0.15, -0.1) is 0 Å². The van der Waals surface area contributed by atoms with Crippen LogP contribution in [0.5, 0.6) is 0 Å². The number of carbonyl (C=O) groups is 1. The molecule has 0 amide bonds. The monoisotopic (exact) mass is 182 g/mol. The number of Topliss-reactive ketones (excluding diaryl/α,β-unsaturated/α-hetero) is 1. The lowest BCUT2D eigenvalue weighted by molar-refractivity contribution is -0.117. The molecule has 0 aromatic rings. The molecule has 2 rings (SSSR count). The number of hydrogen-bond acceptors (Lipinski definition) is 3. The van der Waals surface area contributed by atoms with Crippen LogP contribution in [-0.2, 0) is 4.79 Å². The quantitative estimate of drug-likeness (QED) is 0.671. The lowest BCUT2D eigenvalue weighted by Gasteiger charge is -2.35. The smallest absolute Gasteiger partial charge is 0.131 e. The first-order valence-corrected chi connectivity index (χ1v) is 5.22. The minimum atomic E-state index is 0.301. The second-order valence-corrected chi connectivity index (χ2v) is 4.30. The second kappa shape index (κ2) is 3.76. The van der Waals surface area contributed by atoms with Crippen molar-refractivity contribution in [3.05, 3.63) is 0 Å². The highest BCUT2D eigenvalue weighted by Crippen LogP contribution is 2.20. The highest BCUT2D eigenvalue weighted by atomic mass is 16.1. The number of nitrogens with one attached hydrogen (secondary N) is 1. The molecular weight excluding hydrogens is 164 g/mol. The Morgan fingerprint density at radius 2 is 2.46 bits per heavy atom. The van der Waals surface area contributed by atoms with Gasteiger partial charge in [0, 0.05) is 31.6 Å². The van der Waals surface area contributed by atoms with Crippen LogP contribution in [0.15, 0.2) is 0 Å². The minimum absolute atomic E-state index is 0.301. The lowest BCUT2D eigenvalue weighted by Crippen LogP contribution is -2.54. The molecule has 13 heavy (non-hydrogen) atoms. The molecule has 0 aliphatic carbocycles. The van der Waals surface area contributed by atoms with Crippen LogP contribution < -0.4 is 5.32 Å². The first kappa shape index (κ1) is 9.16. The van der Waals surface area contributed by atoms with Crippen molar-refractivity contribution in [2.75, 3.05) is 19.6 Å². The molecule has 2 unspecified atom stereocenters. The molecule has 2 aliphatic rings. The molecule has 2 fully saturated rings. The van der Waals surface area contributed by atoms with Gasteiger partial charge in [0.15, 0.2) is 0 Å². The number of ketones is 1. The number of rotatable bonds is 2. The third-order valence-corrected chi connectivity index (χ3v) is 3.13. The van der Waals surface area contributed by atoms with Crippen LogP contribution >= 0.6 is 0 Å². The largest absolute Gasteiger partial charge is 0.311 e. The predicted octanol–water partition coefficient (Wildman–Crippen LogP) is 0.402. The fourth-order valence-electron chi connectivity index (χ4n) is 2.50. The highest BCUT2D eigenvalue weighted by molar-refractivity contribution is 5.76. The maximum Gasteiger partial charge on any atom is 0.131 e. The van der Waals surface area contributed by atoms with Gasteiger partial charge in [-0.25, -0.2) is 0 Å². The average Bonchev–Trinajstić information content (AvgIpc) is 2.49. The van der Waals surface area contributed by atoms with Gasteiger partial charge in [-0.05, 0) is 26.3 Å². The van der Waals surface area contributed by atoms with Crippen LogP contribution in [0.1, 0.15) is 26.2 Å². The normalized spacial score (nSPS) is 34.5. The summed E-state index contributed by atoms with van der Waals surface area (Å²) in [5.74, 6) is 0.301. The van der Waals surface area contributed by atoms with Crippen molar-refractivity contribution in [2.24, 2.45) is 0 Å². The molecule has 0 radical (unpaired) electrons. The molecule has 74 valence electrons. The molecular formula is C10H18N2O. The van der Waals surface area contributed by atoms with E-state index in [1.54, 1.807) is 6.92 Å². The number of nitrogens with zero attached hydrogens (tertiary/aromatic N) is 1. The van der Waals surface area contributed by atoms with Crippen LogP contribution in [-0.4, -0.2) is 42.4 Å². The van der Waals surface area contributed by atoms with Gasteiger partial charge in [-0.2, -0.15) is 0 Å². The molecule has 1 N–H and O–H groups in total. The summed E-state index contributed by atoms with van der Waals surface area (Å²) in [6.07, 6.45) is 3.36. The van der Waals surface area contributed by atoms with Crippen LogP contribution in [0.4, 0.5) is 0 Å². The van der Waals surface area contributed by atoms with E-state index in [1.165, 1.54) is 19.4 Å². The van der Waals surface area contributed by atoms with Gasteiger partial charge in [0.05, 0.1) is 0 Å². The number of carbonyl (C=O) groups excluding carboxylic acids is 1. The predicted molar refractivity (Wildman–Crippen MR) is 51.7 cm³/mol. The zero-order valence-electron chi connectivity index (χ0n) is 8.25. The van der Waals surface area contributed by atoms with Crippen molar-refractivity contribution in [2.45, 2.75) is 38.3 Å². The van der Waals surface area contributed by atoms with Gasteiger partial charge >= 0.3 is 0 Å². The topological polar surface area (TPSA) is 32.3 Å². The summed E-state index contributed by atoms with van der Waals surface area (Å²) in [4.78, 5) is 13.5. The van der Waals surface area contributed by atoms with E-state index in [-0.39, 0.29) is 0 Å². The first-order valence-electron chi connectivity index (χ1n) is 5.22. The molecule has 0 saturated carbocycles. The molecule has 0 spiro atoms. The zero-order chi connectivity index (χ0) is 9.26. The fourth-order valence-corrected chi connectivity index (χ4v) is 2.50. The van der Waals surface area contributed by atoms with Gasteiger partial charge in [-0.1, -0.05) is 0 Å². The summed E-state index contributed by atoms with van der Waals surface area (Å²) in [6, 6.07) is 1.16. The molecule has 2 atom stereocenters. The molecule has 3 nitrogen and oxygen atoms in total. The van der Waals surface area contributed by atoms with E-state index in [0.29, 0.717) is 18.2 Å². The molecule has 0 aromatic heterocycles. The Balaban J connectivity index is 1.86. The maximum absolute atomic E-state index is 10.9. The van der Waals surface area contributed by atoms with Crippen molar-refractivity contribution >= 4 is 5.78 Å². The van der Waals surface area contributed by atoms with E-state index in [0.717, 1.165) is 19.1 Å². The van der Waals surface area contributed by atoms with Gasteiger partial charge < -0.3 is 5.32 Å². The van der Waals surface area contributed by atoms with Crippen LogP contribution in [0, 0.1) is 0 Å². The molecule has 0 bridgehead atoms. The van der Waals surface area contributed by atoms with E-state index in [4.69, 9.17) is 0 Å². The SMILES string of the molecule is CC(=O)CC1CN2CCCC2CN1. The Morgan fingerprint density at radius 1 is 1.62 bits per heavy atom. The van der Waals surface area contributed by atoms with Crippen molar-refractivity contribution in [3.8, 4) is 0 Å². The van der Waals surface area contributed by atoms with Crippen molar-refractivity contribution in [1.29, 1.82) is 0 Å². The molecule has 2 aliphatic heterocycles. The molecule has 0 aromatic carbocycles. The first-order chi connectivity index (χ1) is 6.25. The van der Waals surface area contributed by atoms with E-state index in [1.807, 2.05) is 0 Å².